The second kappa shape index (κ2) is 9.39. The van der Waals surface area contributed by atoms with Gasteiger partial charge in [-0.2, -0.15) is 0 Å². The molecule has 0 aliphatic rings. The van der Waals surface area contributed by atoms with Gasteiger partial charge < -0.3 is 15.4 Å². The number of benzene rings is 1. The van der Waals surface area contributed by atoms with E-state index in [2.05, 4.69) is 24.5 Å². The Morgan fingerprint density at radius 2 is 1.95 bits per heavy atom. The van der Waals surface area contributed by atoms with E-state index in [1.807, 2.05) is 30.3 Å². The largest absolute Gasteiger partial charge is 0.381 e. The molecule has 0 fully saturated rings. The first-order valence-electron chi connectivity index (χ1n) is 6.82. The smallest absolute Gasteiger partial charge is 0.315 e. The van der Waals surface area contributed by atoms with E-state index in [0.717, 1.165) is 18.6 Å². The lowest BCUT2D eigenvalue weighted by Crippen LogP contribution is -2.35. The van der Waals surface area contributed by atoms with E-state index in [1.165, 1.54) is 0 Å². The molecular weight excluding hydrogens is 240 g/mol. The third kappa shape index (κ3) is 8.21. The number of amides is 2. The zero-order valence-corrected chi connectivity index (χ0v) is 11.8. The first kappa shape index (κ1) is 15.5. The van der Waals surface area contributed by atoms with Gasteiger partial charge in [0.2, 0.25) is 0 Å². The molecule has 0 radical (unpaired) electrons. The number of hydrogen-bond acceptors (Lipinski definition) is 2. The molecule has 2 amide bonds. The summed E-state index contributed by atoms with van der Waals surface area (Å²) in [7, 11) is 0. The van der Waals surface area contributed by atoms with Crippen molar-refractivity contribution in [1.29, 1.82) is 0 Å². The van der Waals surface area contributed by atoms with E-state index < -0.39 is 0 Å². The summed E-state index contributed by atoms with van der Waals surface area (Å²) in [6.07, 6.45) is 0.839. The zero-order chi connectivity index (χ0) is 13.9. The van der Waals surface area contributed by atoms with Crippen molar-refractivity contribution >= 4 is 6.03 Å². The molecule has 0 aliphatic heterocycles. The molecule has 0 unspecified atom stereocenters. The Bertz CT molecular complexity index is 352. The molecule has 0 aliphatic carbocycles. The number of rotatable bonds is 8. The standard InChI is InChI=1S/C15H24N2O2/c1-13(2)12-19-10-6-9-16-15(18)17-11-14-7-4-3-5-8-14/h3-5,7-8,13H,6,9-12H2,1-2H3,(H2,16,17,18). The Morgan fingerprint density at radius 1 is 1.21 bits per heavy atom. The van der Waals surface area contributed by atoms with Gasteiger partial charge in [-0.1, -0.05) is 44.2 Å². The van der Waals surface area contributed by atoms with Crippen LogP contribution in [0.25, 0.3) is 0 Å². The molecule has 0 atom stereocenters. The molecule has 2 N–H and O–H groups in total. The summed E-state index contributed by atoms with van der Waals surface area (Å²) >= 11 is 0. The van der Waals surface area contributed by atoms with Crippen LogP contribution >= 0.6 is 0 Å². The Kier molecular flexibility index (Phi) is 7.66. The first-order chi connectivity index (χ1) is 9.18. The molecule has 4 nitrogen and oxygen atoms in total. The molecule has 1 aromatic carbocycles. The number of urea groups is 1. The summed E-state index contributed by atoms with van der Waals surface area (Å²) < 4.78 is 5.43. The van der Waals surface area contributed by atoms with Crippen LogP contribution in [0.3, 0.4) is 0 Å². The zero-order valence-electron chi connectivity index (χ0n) is 11.8. The Hall–Kier alpha value is -1.55. The van der Waals surface area contributed by atoms with Crippen molar-refractivity contribution in [3.63, 3.8) is 0 Å². The van der Waals surface area contributed by atoms with E-state index in [1.54, 1.807) is 0 Å². The molecule has 0 saturated carbocycles. The van der Waals surface area contributed by atoms with Crippen molar-refractivity contribution < 1.29 is 9.53 Å². The lowest BCUT2D eigenvalue weighted by atomic mass is 10.2. The van der Waals surface area contributed by atoms with Crippen molar-refractivity contribution in [3.05, 3.63) is 35.9 Å². The molecule has 1 rings (SSSR count). The molecule has 19 heavy (non-hydrogen) atoms. The van der Waals surface area contributed by atoms with E-state index in [9.17, 15) is 4.79 Å². The molecule has 0 bridgehead atoms. The first-order valence-corrected chi connectivity index (χ1v) is 6.82. The monoisotopic (exact) mass is 264 g/mol. The second-order valence-corrected chi connectivity index (χ2v) is 4.92. The van der Waals surface area contributed by atoms with Gasteiger partial charge in [-0.3, -0.25) is 0 Å². The van der Waals surface area contributed by atoms with Gasteiger partial charge in [-0.15, -0.1) is 0 Å². The molecule has 0 aromatic heterocycles. The van der Waals surface area contributed by atoms with Crippen LogP contribution in [-0.4, -0.2) is 25.8 Å². The van der Waals surface area contributed by atoms with E-state index in [-0.39, 0.29) is 6.03 Å². The summed E-state index contributed by atoms with van der Waals surface area (Å²) in [5.41, 5.74) is 1.10. The highest BCUT2D eigenvalue weighted by Gasteiger charge is 1.99. The van der Waals surface area contributed by atoms with Crippen LogP contribution in [0.4, 0.5) is 4.79 Å². The predicted molar refractivity (Wildman–Crippen MR) is 77.0 cm³/mol. The molecule has 106 valence electrons. The van der Waals surface area contributed by atoms with Gasteiger partial charge in [0.15, 0.2) is 0 Å². The fraction of sp³-hybridized carbons (Fsp3) is 0.533. The lowest BCUT2D eigenvalue weighted by Gasteiger charge is -2.09. The number of nitrogens with one attached hydrogen (secondary N) is 2. The third-order valence-corrected chi connectivity index (χ3v) is 2.50. The summed E-state index contributed by atoms with van der Waals surface area (Å²) in [5, 5.41) is 5.63. The van der Waals surface area contributed by atoms with Crippen LogP contribution in [0.2, 0.25) is 0 Å². The highest BCUT2D eigenvalue weighted by atomic mass is 16.5. The molecule has 0 spiro atoms. The molecule has 0 heterocycles. The molecule has 0 saturated heterocycles. The SMILES string of the molecule is CC(C)COCCCNC(=O)NCc1ccccc1. The van der Waals surface area contributed by atoms with Crippen molar-refractivity contribution in [2.75, 3.05) is 19.8 Å². The minimum absolute atomic E-state index is 0.132. The van der Waals surface area contributed by atoms with Gasteiger partial charge in [0, 0.05) is 26.3 Å². The van der Waals surface area contributed by atoms with Crippen LogP contribution in [0.5, 0.6) is 0 Å². The summed E-state index contributed by atoms with van der Waals surface area (Å²) in [6.45, 7) is 6.90. The van der Waals surface area contributed by atoms with Crippen LogP contribution < -0.4 is 10.6 Å². The summed E-state index contributed by atoms with van der Waals surface area (Å²) in [4.78, 5) is 11.5. The topological polar surface area (TPSA) is 50.4 Å². The van der Waals surface area contributed by atoms with Crippen LogP contribution in [0.1, 0.15) is 25.8 Å². The van der Waals surface area contributed by atoms with Gasteiger partial charge in [-0.05, 0) is 17.9 Å². The van der Waals surface area contributed by atoms with Gasteiger partial charge in [0.05, 0.1) is 0 Å². The van der Waals surface area contributed by atoms with Gasteiger partial charge >= 0.3 is 6.03 Å². The Balaban J connectivity index is 1.99. The minimum atomic E-state index is -0.132. The molecule has 4 heteroatoms. The molecule has 1 aromatic rings. The average Bonchev–Trinajstić information content (AvgIpc) is 2.41. The van der Waals surface area contributed by atoms with Crippen molar-refractivity contribution in [2.45, 2.75) is 26.8 Å². The van der Waals surface area contributed by atoms with Gasteiger partial charge in [-0.25, -0.2) is 4.79 Å². The maximum atomic E-state index is 11.5. The molecular formula is C15H24N2O2. The third-order valence-electron chi connectivity index (χ3n) is 2.50. The summed E-state index contributed by atoms with van der Waals surface area (Å²) in [6, 6.07) is 9.72. The minimum Gasteiger partial charge on any atom is -0.381 e. The number of ether oxygens (including phenoxy) is 1. The van der Waals surface area contributed by atoms with Gasteiger partial charge in [0.25, 0.3) is 0 Å². The maximum absolute atomic E-state index is 11.5. The van der Waals surface area contributed by atoms with Crippen LogP contribution in [0, 0.1) is 5.92 Å². The number of carbonyl (C=O) groups is 1. The van der Waals surface area contributed by atoms with Crippen LogP contribution in [-0.2, 0) is 11.3 Å². The van der Waals surface area contributed by atoms with Gasteiger partial charge in [0.1, 0.15) is 0 Å². The van der Waals surface area contributed by atoms with Crippen molar-refractivity contribution in [1.82, 2.24) is 10.6 Å². The van der Waals surface area contributed by atoms with Crippen LogP contribution in [0.15, 0.2) is 30.3 Å². The second-order valence-electron chi connectivity index (χ2n) is 4.92. The highest BCUT2D eigenvalue weighted by Crippen LogP contribution is 1.96. The maximum Gasteiger partial charge on any atom is 0.315 e. The Morgan fingerprint density at radius 3 is 2.63 bits per heavy atom. The fourth-order valence-corrected chi connectivity index (χ4v) is 1.54. The van der Waals surface area contributed by atoms with Crippen molar-refractivity contribution in [2.24, 2.45) is 5.92 Å². The lowest BCUT2D eigenvalue weighted by molar-refractivity contribution is 0.108. The fourth-order valence-electron chi connectivity index (χ4n) is 1.54. The highest BCUT2D eigenvalue weighted by molar-refractivity contribution is 5.73. The Labute approximate surface area is 115 Å². The quantitative estimate of drug-likeness (QED) is 0.709. The normalized spacial score (nSPS) is 10.5. The van der Waals surface area contributed by atoms with E-state index >= 15 is 0 Å². The number of carbonyl (C=O) groups excluding carboxylic acids is 1. The van der Waals surface area contributed by atoms with Crippen molar-refractivity contribution in [3.8, 4) is 0 Å². The summed E-state index contributed by atoms with van der Waals surface area (Å²) in [5.74, 6) is 0.558. The average molecular weight is 264 g/mol. The van der Waals surface area contributed by atoms with E-state index in [4.69, 9.17) is 4.74 Å². The van der Waals surface area contributed by atoms with E-state index in [0.29, 0.717) is 25.6 Å². The predicted octanol–water partition coefficient (Wildman–Crippen LogP) is 2.55. The number of hydrogen-bond donors (Lipinski definition) is 2.